The molecule has 6 N–H and O–H groups in total. The highest BCUT2D eigenvalue weighted by atomic mass is 16.7. The van der Waals surface area contributed by atoms with Gasteiger partial charge in [0.15, 0.2) is 6.29 Å². The Hall–Kier alpha value is -0.810. The second kappa shape index (κ2) is 20.2. The first-order valence-corrected chi connectivity index (χ1v) is 14.2. The van der Waals surface area contributed by atoms with Gasteiger partial charge in [-0.1, -0.05) is 90.9 Å². The van der Waals surface area contributed by atoms with Gasteiger partial charge in [0, 0.05) is 6.42 Å². The summed E-state index contributed by atoms with van der Waals surface area (Å²) in [4.78, 5) is 12.5. The molecular weight excluding hydrogens is 466 g/mol. The lowest BCUT2D eigenvalue weighted by molar-refractivity contribution is -0.302. The van der Waals surface area contributed by atoms with Crippen LogP contribution in [0.4, 0.5) is 0 Å². The molecule has 0 aliphatic carbocycles. The lowest BCUT2D eigenvalue weighted by atomic mass is 9.99. The second-order valence-corrected chi connectivity index (χ2v) is 10.2. The maximum absolute atomic E-state index is 12.5. The van der Waals surface area contributed by atoms with Crippen molar-refractivity contribution in [1.29, 1.82) is 0 Å². The predicted octanol–water partition coefficient (Wildman–Crippen LogP) is 2.54. The van der Waals surface area contributed by atoms with E-state index in [0.29, 0.717) is 12.8 Å². The second-order valence-electron chi connectivity index (χ2n) is 10.2. The van der Waals surface area contributed by atoms with Crippen molar-refractivity contribution >= 4 is 5.91 Å². The van der Waals surface area contributed by atoms with E-state index in [4.69, 9.17) is 9.47 Å². The minimum Gasteiger partial charge on any atom is -0.394 e. The van der Waals surface area contributed by atoms with Crippen molar-refractivity contribution < 1.29 is 39.8 Å². The van der Waals surface area contributed by atoms with Crippen LogP contribution in [0.25, 0.3) is 0 Å². The molecule has 1 heterocycles. The first kappa shape index (κ1) is 33.2. The highest BCUT2D eigenvalue weighted by molar-refractivity contribution is 5.76. The SMILES string of the molecule is CCCCCCCCCCCC(O)C(COC1OC(CO)C(O)C(O)C1O)NC(=O)CCCCCC. The third-order valence-corrected chi connectivity index (χ3v) is 6.96. The van der Waals surface area contributed by atoms with E-state index < -0.39 is 49.5 Å². The minimum absolute atomic E-state index is 0.137. The molecule has 0 aromatic rings. The summed E-state index contributed by atoms with van der Waals surface area (Å²) in [5.74, 6) is -0.167. The first-order valence-electron chi connectivity index (χ1n) is 14.2. The molecule has 0 aromatic carbocycles. The Bertz CT molecular complexity index is 550. The summed E-state index contributed by atoms with van der Waals surface area (Å²) in [5.41, 5.74) is 0. The van der Waals surface area contributed by atoms with E-state index in [-0.39, 0.29) is 12.5 Å². The molecule has 0 aromatic heterocycles. The number of nitrogens with one attached hydrogen (secondary N) is 1. The molecule has 0 radical (unpaired) electrons. The van der Waals surface area contributed by atoms with Gasteiger partial charge < -0.3 is 40.3 Å². The molecule has 36 heavy (non-hydrogen) atoms. The van der Waals surface area contributed by atoms with Crippen molar-refractivity contribution in [1.82, 2.24) is 5.32 Å². The van der Waals surface area contributed by atoms with Gasteiger partial charge in [-0.05, 0) is 12.8 Å². The summed E-state index contributed by atoms with van der Waals surface area (Å²) in [7, 11) is 0. The molecule has 9 nitrogen and oxygen atoms in total. The van der Waals surface area contributed by atoms with Crippen molar-refractivity contribution in [2.45, 2.75) is 153 Å². The Balaban J connectivity index is 2.55. The summed E-state index contributed by atoms with van der Waals surface area (Å²) < 4.78 is 11.0. The van der Waals surface area contributed by atoms with Crippen LogP contribution in [0, 0.1) is 0 Å². The van der Waals surface area contributed by atoms with Crippen molar-refractivity contribution in [3.8, 4) is 0 Å². The van der Waals surface area contributed by atoms with Gasteiger partial charge in [-0.15, -0.1) is 0 Å². The maximum Gasteiger partial charge on any atom is 0.220 e. The molecule has 1 saturated heterocycles. The minimum atomic E-state index is -1.54. The molecule has 1 amide bonds. The van der Waals surface area contributed by atoms with Crippen LogP contribution in [0.3, 0.4) is 0 Å². The van der Waals surface area contributed by atoms with Crippen molar-refractivity contribution in [3.63, 3.8) is 0 Å². The average Bonchev–Trinajstić information content (AvgIpc) is 2.87. The van der Waals surface area contributed by atoms with Crippen LogP contribution < -0.4 is 5.32 Å². The molecule has 7 unspecified atom stereocenters. The Morgan fingerprint density at radius 3 is 1.97 bits per heavy atom. The largest absolute Gasteiger partial charge is 0.394 e. The fraction of sp³-hybridized carbons (Fsp3) is 0.963. The van der Waals surface area contributed by atoms with Crippen LogP contribution in [0.1, 0.15) is 110 Å². The standard InChI is InChI=1S/C27H53NO8/c1-3-5-7-9-10-11-12-13-14-16-21(30)20(28-23(31)17-15-8-6-4-2)19-35-27-26(34)25(33)24(32)22(18-29)36-27/h20-22,24-27,29-30,32-34H,3-19H2,1-2H3,(H,28,31). The lowest BCUT2D eigenvalue weighted by Gasteiger charge is -2.40. The van der Waals surface area contributed by atoms with Crippen molar-refractivity contribution in [2.24, 2.45) is 0 Å². The van der Waals surface area contributed by atoms with Gasteiger partial charge in [0.05, 0.1) is 25.4 Å². The quantitative estimate of drug-likeness (QED) is 0.127. The zero-order valence-corrected chi connectivity index (χ0v) is 22.5. The van der Waals surface area contributed by atoms with Gasteiger partial charge in [0.2, 0.25) is 5.91 Å². The first-order chi connectivity index (χ1) is 17.3. The fourth-order valence-corrected chi connectivity index (χ4v) is 4.51. The molecule has 9 heteroatoms. The van der Waals surface area contributed by atoms with Crippen LogP contribution in [-0.4, -0.2) is 87.5 Å². The zero-order chi connectivity index (χ0) is 26.8. The Morgan fingerprint density at radius 1 is 0.833 bits per heavy atom. The molecule has 0 spiro atoms. The van der Waals surface area contributed by atoms with E-state index >= 15 is 0 Å². The summed E-state index contributed by atoms with van der Waals surface area (Å²) in [6, 6.07) is -0.704. The number of ether oxygens (including phenoxy) is 2. The monoisotopic (exact) mass is 519 g/mol. The van der Waals surface area contributed by atoms with Gasteiger partial charge in [0.1, 0.15) is 24.4 Å². The van der Waals surface area contributed by atoms with E-state index in [1.54, 1.807) is 0 Å². The maximum atomic E-state index is 12.5. The van der Waals surface area contributed by atoms with Gasteiger partial charge in [0.25, 0.3) is 0 Å². The third-order valence-electron chi connectivity index (χ3n) is 6.96. The van der Waals surface area contributed by atoms with E-state index in [9.17, 15) is 30.3 Å². The number of aliphatic hydroxyl groups excluding tert-OH is 5. The Kier molecular flexibility index (Phi) is 18.6. The molecule has 0 saturated carbocycles. The Labute approximate surface area is 217 Å². The number of rotatable bonds is 21. The van der Waals surface area contributed by atoms with Crippen LogP contribution in [0.15, 0.2) is 0 Å². The van der Waals surface area contributed by atoms with E-state index in [0.717, 1.165) is 44.9 Å². The van der Waals surface area contributed by atoms with E-state index in [1.807, 2.05) is 0 Å². The Morgan fingerprint density at radius 2 is 1.39 bits per heavy atom. The smallest absolute Gasteiger partial charge is 0.220 e. The molecule has 214 valence electrons. The van der Waals surface area contributed by atoms with E-state index in [1.165, 1.54) is 38.5 Å². The summed E-state index contributed by atoms with van der Waals surface area (Å²) in [6.45, 7) is 3.63. The van der Waals surface area contributed by atoms with Crippen LogP contribution in [0.2, 0.25) is 0 Å². The average molecular weight is 520 g/mol. The third kappa shape index (κ3) is 13.1. The van der Waals surface area contributed by atoms with E-state index in [2.05, 4.69) is 19.2 Å². The number of unbranched alkanes of at least 4 members (excludes halogenated alkanes) is 11. The molecule has 1 fully saturated rings. The van der Waals surface area contributed by atoms with Gasteiger partial charge in [-0.2, -0.15) is 0 Å². The van der Waals surface area contributed by atoms with Crippen LogP contribution in [0.5, 0.6) is 0 Å². The molecular formula is C27H53NO8. The molecule has 1 aliphatic rings. The number of carbonyl (C=O) groups excluding carboxylic acids is 1. The summed E-state index contributed by atoms with van der Waals surface area (Å²) in [6.07, 6.45) is 7.51. The lowest BCUT2D eigenvalue weighted by Crippen LogP contribution is -2.60. The summed E-state index contributed by atoms with van der Waals surface area (Å²) >= 11 is 0. The van der Waals surface area contributed by atoms with Gasteiger partial charge in [-0.25, -0.2) is 0 Å². The molecule has 7 atom stereocenters. The highest BCUT2D eigenvalue weighted by Gasteiger charge is 2.44. The predicted molar refractivity (Wildman–Crippen MR) is 138 cm³/mol. The topological polar surface area (TPSA) is 149 Å². The zero-order valence-electron chi connectivity index (χ0n) is 22.5. The van der Waals surface area contributed by atoms with Crippen LogP contribution in [-0.2, 0) is 14.3 Å². The number of hydrogen-bond donors (Lipinski definition) is 6. The van der Waals surface area contributed by atoms with Crippen molar-refractivity contribution in [3.05, 3.63) is 0 Å². The summed E-state index contributed by atoms with van der Waals surface area (Å²) in [5, 5.41) is 53.2. The van der Waals surface area contributed by atoms with Gasteiger partial charge in [-0.3, -0.25) is 4.79 Å². The number of aliphatic hydroxyl groups is 5. The van der Waals surface area contributed by atoms with Crippen molar-refractivity contribution in [2.75, 3.05) is 13.2 Å². The molecule has 0 bridgehead atoms. The number of amides is 1. The number of hydrogen-bond acceptors (Lipinski definition) is 8. The number of carbonyl (C=O) groups is 1. The fourth-order valence-electron chi connectivity index (χ4n) is 4.51. The molecule has 1 rings (SSSR count). The normalized spacial score (nSPS) is 26.0. The molecule has 1 aliphatic heterocycles. The highest BCUT2D eigenvalue weighted by Crippen LogP contribution is 2.22. The van der Waals surface area contributed by atoms with Crippen LogP contribution >= 0.6 is 0 Å². The van der Waals surface area contributed by atoms with Gasteiger partial charge >= 0.3 is 0 Å².